The third kappa shape index (κ3) is 8.05. The number of nitrogens with one attached hydrogen (secondary N) is 1. The van der Waals surface area contributed by atoms with Gasteiger partial charge < -0.3 is 33.9 Å². The van der Waals surface area contributed by atoms with E-state index in [0.717, 1.165) is 66.2 Å². The Kier molecular flexibility index (Phi) is 11.5. The van der Waals surface area contributed by atoms with E-state index in [-0.39, 0.29) is 12.0 Å². The molecule has 2 aliphatic rings. The Labute approximate surface area is 268 Å². The second-order valence-electron chi connectivity index (χ2n) is 12.4. The molecular formula is C37H48N2O6. The first-order valence-corrected chi connectivity index (χ1v) is 16.1. The van der Waals surface area contributed by atoms with Crippen LogP contribution in [0.15, 0.2) is 66.7 Å². The number of nitrogens with zero attached hydrogens (tertiary/aromatic N) is 1. The second-order valence-corrected chi connectivity index (χ2v) is 12.4. The summed E-state index contributed by atoms with van der Waals surface area (Å²) in [5.41, 5.74) is 4.94. The van der Waals surface area contributed by atoms with E-state index >= 15 is 0 Å². The molecule has 8 heteroatoms. The summed E-state index contributed by atoms with van der Waals surface area (Å²) in [5.74, 6) is 2.15. The van der Waals surface area contributed by atoms with Crippen LogP contribution in [-0.4, -0.2) is 65.7 Å². The van der Waals surface area contributed by atoms with Crippen LogP contribution in [-0.2, 0) is 37.6 Å². The first kappa shape index (κ1) is 32.9. The van der Waals surface area contributed by atoms with Crippen LogP contribution in [0.25, 0.3) is 0 Å². The normalized spacial score (nSPS) is 19.0. The molecule has 0 saturated carbocycles. The predicted molar refractivity (Wildman–Crippen MR) is 176 cm³/mol. The fourth-order valence-electron chi connectivity index (χ4n) is 6.33. The van der Waals surface area contributed by atoms with Gasteiger partial charge >= 0.3 is 0 Å². The van der Waals surface area contributed by atoms with Crippen molar-refractivity contribution in [3.05, 3.63) is 89.0 Å². The van der Waals surface area contributed by atoms with Crippen molar-refractivity contribution in [2.75, 3.05) is 58.6 Å². The Morgan fingerprint density at radius 1 is 0.933 bits per heavy atom. The lowest BCUT2D eigenvalue weighted by Gasteiger charge is -2.32. The van der Waals surface area contributed by atoms with E-state index in [1.807, 2.05) is 43.0 Å². The van der Waals surface area contributed by atoms with Crippen molar-refractivity contribution in [1.82, 2.24) is 5.32 Å². The molecule has 0 bridgehead atoms. The standard InChI is InChI=1S/C37H48N2O6/c1-37(2)32-16-11-27(23-33(32)39(36(37)40)19-7-20-41-3)25-45-35-24-38-18-17-31(35)28-12-14-30(15-13-28)44-22-8-21-43-26-29-9-5-6-10-34(29)42-4/h5-6,9-16,23,31,35,38H,7-8,17-22,24-26H2,1-4H3/t31-,35+/m1/s1. The number of amides is 1. The molecule has 1 saturated heterocycles. The van der Waals surface area contributed by atoms with Gasteiger partial charge in [-0.1, -0.05) is 42.5 Å². The topological polar surface area (TPSA) is 78.5 Å². The number of rotatable bonds is 16. The summed E-state index contributed by atoms with van der Waals surface area (Å²) >= 11 is 0. The number of benzene rings is 3. The molecule has 242 valence electrons. The largest absolute Gasteiger partial charge is 0.496 e. The van der Waals surface area contributed by atoms with Gasteiger partial charge in [0.05, 0.1) is 45.1 Å². The predicted octanol–water partition coefficient (Wildman–Crippen LogP) is 6.00. The zero-order valence-electron chi connectivity index (χ0n) is 27.2. The lowest BCUT2D eigenvalue weighted by molar-refractivity contribution is -0.122. The quantitative estimate of drug-likeness (QED) is 0.198. The van der Waals surface area contributed by atoms with E-state index < -0.39 is 5.41 Å². The molecule has 0 unspecified atom stereocenters. The summed E-state index contributed by atoms with van der Waals surface area (Å²) in [6.07, 6.45) is 2.67. The molecule has 2 aliphatic heterocycles. The molecule has 3 aromatic rings. The molecule has 1 amide bonds. The average molecular weight is 617 g/mol. The molecule has 45 heavy (non-hydrogen) atoms. The van der Waals surface area contributed by atoms with Crippen molar-refractivity contribution in [1.29, 1.82) is 0 Å². The van der Waals surface area contributed by atoms with Crippen molar-refractivity contribution in [2.24, 2.45) is 0 Å². The average Bonchev–Trinajstić information content (AvgIpc) is 3.26. The fraction of sp³-hybridized carbons (Fsp3) is 0.486. The lowest BCUT2D eigenvalue weighted by Crippen LogP contribution is -2.40. The third-order valence-electron chi connectivity index (χ3n) is 8.89. The molecule has 0 aromatic heterocycles. The van der Waals surface area contributed by atoms with Crippen molar-refractivity contribution < 1.29 is 28.5 Å². The summed E-state index contributed by atoms with van der Waals surface area (Å²) in [5, 5.41) is 3.50. The van der Waals surface area contributed by atoms with Crippen LogP contribution < -0.4 is 19.7 Å². The number of hydrogen-bond acceptors (Lipinski definition) is 7. The van der Waals surface area contributed by atoms with Gasteiger partial charge in [0.25, 0.3) is 0 Å². The van der Waals surface area contributed by atoms with Crippen LogP contribution in [0.3, 0.4) is 0 Å². The van der Waals surface area contributed by atoms with E-state index in [9.17, 15) is 4.79 Å². The Hall–Kier alpha value is -3.43. The smallest absolute Gasteiger partial charge is 0.237 e. The SMILES string of the molecule is COCCCN1C(=O)C(C)(C)c2ccc(CO[C@H]3CNCC[C@@H]3c3ccc(OCCCOCc4ccccc4OC)cc3)cc21. The summed E-state index contributed by atoms with van der Waals surface area (Å²) in [6.45, 7) is 9.30. The number of hydrogen-bond donors (Lipinski definition) is 1. The summed E-state index contributed by atoms with van der Waals surface area (Å²) < 4.78 is 29.0. The van der Waals surface area contributed by atoms with Crippen LogP contribution in [0, 0.1) is 0 Å². The maximum atomic E-state index is 13.2. The molecule has 2 heterocycles. The van der Waals surface area contributed by atoms with Crippen LogP contribution in [0.1, 0.15) is 61.3 Å². The van der Waals surface area contributed by atoms with Crippen molar-refractivity contribution in [3.8, 4) is 11.5 Å². The van der Waals surface area contributed by atoms with Gasteiger partial charge in [-0.15, -0.1) is 0 Å². The minimum Gasteiger partial charge on any atom is -0.496 e. The van der Waals surface area contributed by atoms with E-state index in [1.54, 1.807) is 14.2 Å². The number of fused-ring (bicyclic) bond motifs is 1. The van der Waals surface area contributed by atoms with Crippen molar-refractivity contribution in [2.45, 2.75) is 63.8 Å². The van der Waals surface area contributed by atoms with Gasteiger partial charge in [0.1, 0.15) is 11.5 Å². The van der Waals surface area contributed by atoms with Gasteiger partial charge in [-0.3, -0.25) is 4.79 Å². The Morgan fingerprint density at radius 3 is 2.56 bits per heavy atom. The number of carbonyl (C=O) groups is 1. The van der Waals surface area contributed by atoms with E-state index in [2.05, 4.69) is 47.8 Å². The van der Waals surface area contributed by atoms with Crippen LogP contribution in [0.4, 0.5) is 5.69 Å². The third-order valence-corrected chi connectivity index (χ3v) is 8.89. The van der Waals surface area contributed by atoms with Gasteiger partial charge in [0, 0.05) is 50.4 Å². The summed E-state index contributed by atoms with van der Waals surface area (Å²) in [7, 11) is 3.37. The minimum atomic E-state index is -0.527. The maximum absolute atomic E-state index is 13.2. The Morgan fingerprint density at radius 2 is 1.76 bits per heavy atom. The van der Waals surface area contributed by atoms with E-state index in [0.29, 0.717) is 45.5 Å². The molecule has 0 spiro atoms. The van der Waals surface area contributed by atoms with Gasteiger partial charge in [0.2, 0.25) is 5.91 Å². The van der Waals surface area contributed by atoms with Gasteiger partial charge in [0.15, 0.2) is 0 Å². The van der Waals surface area contributed by atoms with Gasteiger partial charge in [-0.25, -0.2) is 0 Å². The maximum Gasteiger partial charge on any atom is 0.237 e. The first-order valence-electron chi connectivity index (χ1n) is 16.1. The molecule has 8 nitrogen and oxygen atoms in total. The molecule has 3 aromatic carbocycles. The molecule has 0 aliphatic carbocycles. The number of carbonyl (C=O) groups excluding carboxylic acids is 1. The van der Waals surface area contributed by atoms with Crippen LogP contribution >= 0.6 is 0 Å². The zero-order valence-corrected chi connectivity index (χ0v) is 27.2. The summed E-state index contributed by atoms with van der Waals surface area (Å²) in [6, 6.07) is 22.7. The number of methoxy groups -OCH3 is 2. The number of piperidine rings is 1. The first-order chi connectivity index (χ1) is 21.9. The highest BCUT2D eigenvalue weighted by Crippen LogP contribution is 2.42. The minimum absolute atomic E-state index is 0.0510. The van der Waals surface area contributed by atoms with Crippen molar-refractivity contribution >= 4 is 11.6 Å². The highest BCUT2D eigenvalue weighted by Gasteiger charge is 2.43. The van der Waals surface area contributed by atoms with Gasteiger partial charge in [-0.2, -0.15) is 0 Å². The highest BCUT2D eigenvalue weighted by molar-refractivity contribution is 6.07. The van der Waals surface area contributed by atoms with Crippen molar-refractivity contribution in [3.63, 3.8) is 0 Å². The van der Waals surface area contributed by atoms with E-state index in [4.69, 9.17) is 23.7 Å². The number of para-hydroxylation sites is 1. The lowest BCUT2D eigenvalue weighted by atomic mass is 9.86. The second kappa shape index (κ2) is 15.7. The highest BCUT2D eigenvalue weighted by atomic mass is 16.5. The Bertz CT molecular complexity index is 1390. The molecule has 0 radical (unpaired) electrons. The molecule has 1 fully saturated rings. The Balaban J connectivity index is 1.12. The van der Waals surface area contributed by atoms with E-state index in [1.165, 1.54) is 5.56 Å². The number of ether oxygens (including phenoxy) is 5. The molecule has 1 N–H and O–H groups in total. The molecular weight excluding hydrogens is 568 g/mol. The molecule has 5 rings (SSSR count). The number of anilines is 1. The van der Waals surface area contributed by atoms with Gasteiger partial charge in [-0.05, 0) is 74.2 Å². The monoisotopic (exact) mass is 616 g/mol. The molecule has 2 atom stereocenters. The zero-order chi connectivity index (χ0) is 31.6. The fourth-order valence-corrected chi connectivity index (χ4v) is 6.33. The van der Waals surface area contributed by atoms with Crippen LogP contribution in [0.2, 0.25) is 0 Å². The summed E-state index contributed by atoms with van der Waals surface area (Å²) in [4.78, 5) is 15.1. The van der Waals surface area contributed by atoms with Crippen LogP contribution in [0.5, 0.6) is 11.5 Å².